The largest absolute Gasteiger partial charge is 0.497 e. The van der Waals surface area contributed by atoms with E-state index in [1.165, 1.54) is 38.2 Å². The van der Waals surface area contributed by atoms with Crippen LogP contribution in [0.2, 0.25) is 0 Å². The van der Waals surface area contributed by atoms with Crippen LogP contribution in [0.3, 0.4) is 0 Å². The standard InChI is InChI=1S/C27H34N4O3/c1-5-30(6-2)17-7-8-20(3)28-26-18-22(29-27-19-24(34-4)15-16-25(26)27)12-9-21-10-13-23(14-11-21)31(32)33/h9-16,18-20H,5-8,17H2,1-4H3,(H,28,29)/p+2/b12-9+/t20-/m0/s1. The van der Waals surface area contributed by atoms with Crippen LogP contribution in [0, 0.1) is 10.1 Å². The third-order valence-corrected chi connectivity index (χ3v) is 6.22. The Kier molecular flexibility index (Phi) is 8.99. The molecule has 7 heteroatoms. The fourth-order valence-corrected chi connectivity index (χ4v) is 4.12. The number of hydrogen-bond donors (Lipinski definition) is 2. The SMILES string of the molecule is CC[NH+](CC)CCC[C@H](C)Nc1cc(/C=C/c2ccc([N+](=O)[O-])cc2)[nH+]c2cc(OC)ccc12. The molecule has 34 heavy (non-hydrogen) atoms. The molecule has 3 aromatic rings. The van der Waals surface area contributed by atoms with E-state index in [2.05, 4.69) is 43.2 Å². The number of pyridine rings is 1. The molecule has 0 amide bonds. The Morgan fingerprint density at radius 1 is 1.12 bits per heavy atom. The number of nitro benzene ring substituents is 1. The summed E-state index contributed by atoms with van der Waals surface area (Å²) in [4.78, 5) is 15.6. The normalized spacial score (nSPS) is 12.4. The van der Waals surface area contributed by atoms with Crippen molar-refractivity contribution >= 4 is 34.4 Å². The quantitative estimate of drug-likeness (QED) is 0.310. The summed E-state index contributed by atoms with van der Waals surface area (Å²) in [5.41, 5.74) is 3.97. The van der Waals surface area contributed by atoms with E-state index < -0.39 is 0 Å². The molecule has 2 aromatic carbocycles. The van der Waals surface area contributed by atoms with Crippen molar-refractivity contribution in [3.05, 3.63) is 69.9 Å². The zero-order valence-corrected chi connectivity index (χ0v) is 20.6. The molecule has 0 aliphatic rings. The molecule has 0 aliphatic carbocycles. The minimum Gasteiger partial charge on any atom is -0.497 e. The molecule has 0 saturated carbocycles. The summed E-state index contributed by atoms with van der Waals surface area (Å²) >= 11 is 0. The molecule has 1 atom stereocenters. The number of methoxy groups -OCH3 is 1. The summed E-state index contributed by atoms with van der Waals surface area (Å²) < 4.78 is 5.42. The number of aromatic amines is 1. The van der Waals surface area contributed by atoms with E-state index in [1.54, 1.807) is 24.1 Å². The van der Waals surface area contributed by atoms with Gasteiger partial charge in [-0.05, 0) is 69.5 Å². The fraction of sp³-hybridized carbons (Fsp3) is 0.370. The van der Waals surface area contributed by atoms with Gasteiger partial charge in [-0.25, -0.2) is 4.98 Å². The Labute approximate surface area is 201 Å². The van der Waals surface area contributed by atoms with Gasteiger partial charge < -0.3 is 15.0 Å². The van der Waals surface area contributed by atoms with E-state index in [0.717, 1.165) is 40.0 Å². The lowest BCUT2D eigenvalue weighted by Crippen LogP contribution is -3.11. The molecule has 0 unspecified atom stereocenters. The summed E-state index contributed by atoms with van der Waals surface area (Å²) in [6, 6.07) is 15.0. The van der Waals surface area contributed by atoms with E-state index >= 15 is 0 Å². The molecular formula is C27H36N4O3+2. The van der Waals surface area contributed by atoms with E-state index in [-0.39, 0.29) is 10.6 Å². The van der Waals surface area contributed by atoms with Crippen molar-refractivity contribution in [3.8, 4) is 5.75 Å². The van der Waals surface area contributed by atoms with E-state index in [0.29, 0.717) is 6.04 Å². The average Bonchev–Trinajstić information content (AvgIpc) is 2.85. The van der Waals surface area contributed by atoms with Gasteiger partial charge in [0.05, 0.1) is 48.8 Å². The van der Waals surface area contributed by atoms with Crippen LogP contribution >= 0.6 is 0 Å². The first kappa shape index (κ1) is 25.2. The molecule has 0 fully saturated rings. The minimum atomic E-state index is -0.388. The maximum atomic E-state index is 10.9. The van der Waals surface area contributed by atoms with Crippen molar-refractivity contribution in [1.82, 2.24) is 0 Å². The van der Waals surface area contributed by atoms with Crippen molar-refractivity contribution in [2.45, 2.75) is 39.7 Å². The summed E-state index contributed by atoms with van der Waals surface area (Å²) in [6.45, 7) is 10.3. The molecule has 7 nitrogen and oxygen atoms in total. The number of rotatable bonds is 12. The van der Waals surface area contributed by atoms with Crippen LogP contribution < -0.4 is 19.9 Å². The first-order valence-electron chi connectivity index (χ1n) is 12.0. The smallest absolute Gasteiger partial charge is 0.269 e. The van der Waals surface area contributed by atoms with Crippen LogP contribution in [-0.4, -0.2) is 37.7 Å². The van der Waals surface area contributed by atoms with Crippen LogP contribution in [-0.2, 0) is 0 Å². The second-order valence-electron chi connectivity index (χ2n) is 8.63. The monoisotopic (exact) mass is 464 g/mol. The van der Waals surface area contributed by atoms with Gasteiger partial charge in [-0.3, -0.25) is 10.1 Å². The maximum Gasteiger partial charge on any atom is 0.269 e. The number of nitro groups is 1. The van der Waals surface area contributed by atoms with E-state index in [1.807, 2.05) is 24.3 Å². The third kappa shape index (κ3) is 6.78. The zero-order valence-electron chi connectivity index (χ0n) is 20.6. The van der Waals surface area contributed by atoms with Crippen molar-refractivity contribution in [1.29, 1.82) is 0 Å². The first-order valence-corrected chi connectivity index (χ1v) is 12.0. The number of non-ortho nitro benzene ring substituents is 1. The number of benzene rings is 2. The van der Waals surface area contributed by atoms with Crippen LogP contribution in [0.15, 0.2) is 48.5 Å². The van der Waals surface area contributed by atoms with Gasteiger partial charge in [0.15, 0.2) is 0 Å². The summed E-state index contributed by atoms with van der Waals surface area (Å²) in [6.07, 6.45) is 6.22. The van der Waals surface area contributed by atoms with Crippen LogP contribution in [0.5, 0.6) is 5.75 Å². The van der Waals surface area contributed by atoms with Crippen molar-refractivity contribution in [3.63, 3.8) is 0 Å². The van der Waals surface area contributed by atoms with E-state index in [4.69, 9.17) is 4.74 Å². The number of aromatic nitrogens is 1. The lowest BCUT2D eigenvalue weighted by Gasteiger charge is -2.19. The molecule has 3 rings (SSSR count). The van der Waals surface area contributed by atoms with Gasteiger partial charge in [-0.1, -0.05) is 0 Å². The Morgan fingerprint density at radius 2 is 1.85 bits per heavy atom. The second-order valence-corrected chi connectivity index (χ2v) is 8.63. The Bertz CT molecular complexity index is 1120. The molecule has 0 saturated heterocycles. The van der Waals surface area contributed by atoms with Gasteiger partial charge >= 0.3 is 0 Å². The average molecular weight is 465 g/mol. The Hall–Kier alpha value is -3.45. The number of fused-ring (bicyclic) bond motifs is 1. The molecule has 0 spiro atoms. The third-order valence-electron chi connectivity index (χ3n) is 6.22. The number of nitrogens with one attached hydrogen (secondary N) is 3. The predicted octanol–water partition coefficient (Wildman–Crippen LogP) is 4.25. The molecule has 0 aliphatic heterocycles. The Morgan fingerprint density at radius 3 is 2.50 bits per heavy atom. The molecule has 0 radical (unpaired) electrons. The molecule has 180 valence electrons. The molecule has 0 bridgehead atoms. The number of ether oxygens (including phenoxy) is 1. The lowest BCUT2D eigenvalue weighted by molar-refractivity contribution is -0.896. The number of hydrogen-bond acceptors (Lipinski definition) is 4. The van der Waals surface area contributed by atoms with Gasteiger partial charge in [0.1, 0.15) is 5.75 Å². The summed E-state index contributed by atoms with van der Waals surface area (Å²) in [7, 11) is 1.67. The topological polar surface area (TPSA) is 83.0 Å². The molecule has 3 N–H and O–H groups in total. The van der Waals surface area contributed by atoms with Gasteiger partial charge in [-0.2, -0.15) is 0 Å². The molecule has 1 heterocycles. The van der Waals surface area contributed by atoms with Gasteiger partial charge in [0.25, 0.3) is 5.69 Å². The Balaban J connectivity index is 1.82. The predicted molar refractivity (Wildman–Crippen MR) is 138 cm³/mol. The van der Waals surface area contributed by atoms with Crippen molar-refractivity contribution in [2.75, 3.05) is 32.1 Å². The first-order chi connectivity index (χ1) is 16.4. The number of nitrogens with zero attached hydrogens (tertiary/aromatic N) is 1. The van der Waals surface area contributed by atoms with Crippen LogP contribution in [0.4, 0.5) is 11.4 Å². The van der Waals surface area contributed by atoms with Crippen molar-refractivity contribution < 1.29 is 19.5 Å². The summed E-state index contributed by atoms with van der Waals surface area (Å²) in [5.74, 6) is 0.793. The second kappa shape index (κ2) is 12.1. The summed E-state index contributed by atoms with van der Waals surface area (Å²) in [5, 5.41) is 15.7. The van der Waals surface area contributed by atoms with Crippen LogP contribution in [0.1, 0.15) is 44.9 Å². The molecular weight excluding hydrogens is 428 g/mol. The highest BCUT2D eigenvalue weighted by molar-refractivity contribution is 5.91. The van der Waals surface area contributed by atoms with Crippen LogP contribution in [0.25, 0.3) is 23.1 Å². The molecule has 1 aromatic heterocycles. The number of H-pyrrole nitrogens is 1. The zero-order chi connectivity index (χ0) is 24.5. The number of quaternary nitrogens is 1. The van der Waals surface area contributed by atoms with E-state index in [9.17, 15) is 10.1 Å². The minimum absolute atomic E-state index is 0.0876. The highest BCUT2D eigenvalue weighted by atomic mass is 16.6. The number of anilines is 1. The van der Waals surface area contributed by atoms with Gasteiger partial charge in [-0.15, -0.1) is 0 Å². The highest BCUT2D eigenvalue weighted by Crippen LogP contribution is 2.26. The highest BCUT2D eigenvalue weighted by Gasteiger charge is 2.14. The lowest BCUT2D eigenvalue weighted by atomic mass is 10.1. The van der Waals surface area contributed by atoms with Gasteiger partial charge in [0, 0.05) is 30.3 Å². The van der Waals surface area contributed by atoms with Crippen molar-refractivity contribution in [2.24, 2.45) is 0 Å². The fourth-order valence-electron chi connectivity index (χ4n) is 4.12. The maximum absolute atomic E-state index is 10.9. The van der Waals surface area contributed by atoms with Gasteiger partial charge in [0.2, 0.25) is 11.2 Å².